The molecule has 1 fully saturated rings. The zero-order chi connectivity index (χ0) is 10.2. The van der Waals surface area contributed by atoms with Crippen molar-refractivity contribution >= 4 is 5.91 Å². The first-order valence-corrected chi connectivity index (χ1v) is 4.63. The molecule has 0 radical (unpaired) electrons. The van der Waals surface area contributed by atoms with E-state index in [9.17, 15) is 4.79 Å². The number of amides is 1. The third kappa shape index (κ3) is 1.30. The largest absolute Gasteiger partial charge is 0.272 e. The van der Waals surface area contributed by atoms with Crippen molar-refractivity contribution in [3.8, 4) is 0 Å². The lowest BCUT2D eigenvalue weighted by Crippen LogP contribution is -2.27. The first kappa shape index (κ1) is 9.21. The van der Waals surface area contributed by atoms with Gasteiger partial charge >= 0.3 is 0 Å². The van der Waals surface area contributed by atoms with Gasteiger partial charge in [0.2, 0.25) is 0 Å². The van der Waals surface area contributed by atoms with Gasteiger partial charge in [-0.15, -0.1) is 0 Å². The molecule has 0 bridgehead atoms. The number of carbonyl (C=O) groups is 1. The predicted molar refractivity (Wildman–Crippen MR) is 52.2 cm³/mol. The topological polar surface area (TPSA) is 38.3 Å². The Morgan fingerprint density at radius 3 is 2.43 bits per heavy atom. The molecular weight excluding hydrogens is 178 g/mol. The molecule has 1 aromatic carbocycles. The van der Waals surface area contributed by atoms with Gasteiger partial charge in [0, 0.05) is 0 Å². The van der Waals surface area contributed by atoms with Crippen molar-refractivity contribution in [3.05, 3.63) is 35.9 Å². The standard InChI is InChI=1S/C11H13NO2/c1-11(2)9(14-12-10(11)13)8-6-4-3-5-7-8/h3-7,9H,1-2H3,(H,12,13). The van der Waals surface area contributed by atoms with E-state index in [1.165, 1.54) is 0 Å². The molecule has 1 aliphatic heterocycles. The highest BCUT2D eigenvalue weighted by atomic mass is 16.7. The third-order valence-electron chi connectivity index (χ3n) is 2.61. The minimum absolute atomic E-state index is 0.0636. The van der Waals surface area contributed by atoms with Crippen LogP contribution in [0.5, 0.6) is 0 Å². The van der Waals surface area contributed by atoms with Crippen LogP contribution < -0.4 is 5.48 Å². The number of benzene rings is 1. The van der Waals surface area contributed by atoms with E-state index in [0.29, 0.717) is 0 Å². The van der Waals surface area contributed by atoms with Crippen LogP contribution in [0.15, 0.2) is 30.3 Å². The molecule has 1 heterocycles. The minimum atomic E-state index is -0.499. The van der Waals surface area contributed by atoms with Gasteiger partial charge in [-0.05, 0) is 19.4 Å². The Kier molecular flexibility index (Phi) is 2.04. The highest BCUT2D eigenvalue weighted by molar-refractivity contribution is 5.83. The van der Waals surface area contributed by atoms with E-state index < -0.39 is 5.41 Å². The Hall–Kier alpha value is -1.35. The zero-order valence-corrected chi connectivity index (χ0v) is 8.28. The van der Waals surface area contributed by atoms with E-state index in [2.05, 4.69) is 5.48 Å². The summed E-state index contributed by atoms with van der Waals surface area (Å²) in [7, 11) is 0. The van der Waals surface area contributed by atoms with Crippen LogP contribution in [0, 0.1) is 5.41 Å². The molecule has 1 amide bonds. The first-order valence-electron chi connectivity index (χ1n) is 4.63. The predicted octanol–water partition coefficient (Wildman–Crippen LogP) is 1.82. The van der Waals surface area contributed by atoms with E-state index >= 15 is 0 Å². The molecule has 74 valence electrons. The summed E-state index contributed by atoms with van der Waals surface area (Å²) in [5.41, 5.74) is 2.94. The van der Waals surface area contributed by atoms with Crippen molar-refractivity contribution < 1.29 is 9.63 Å². The fourth-order valence-electron chi connectivity index (χ4n) is 1.62. The maximum absolute atomic E-state index is 11.4. The van der Waals surface area contributed by atoms with Crippen molar-refractivity contribution in [1.82, 2.24) is 5.48 Å². The number of hydroxylamine groups is 1. The second-order valence-electron chi connectivity index (χ2n) is 4.06. The minimum Gasteiger partial charge on any atom is -0.272 e. The van der Waals surface area contributed by atoms with Crippen LogP contribution in [-0.2, 0) is 9.63 Å². The van der Waals surface area contributed by atoms with Gasteiger partial charge < -0.3 is 0 Å². The van der Waals surface area contributed by atoms with E-state index in [1.54, 1.807) is 0 Å². The van der Waals surface area contributed by atoms with Gasteiger partial charge in [0.25, 0.3) is 5.91 Å². The van der Waals surface area contributed by atoms with Gasteiger partial charge in [-0.2, -0.15) is 0 Å². The van der Waals surface area contributed by atoms with Crippen LogP contribution in [-0.4, -0.2) is 5.91 Å². The van der Waals surface area contributed by atoms with Crippen LogP contribution in [0.1, 0.15) is 25.5 Å². The molecule has 0 spiro atoms. The lowest BCUT2D eigenvalue weighted by Gasteiger charge is -2.20. The maximum Gasteiger partial charge on any atom is 0.252 e. The number of nitrogens with one attached hydrogen (secondary N) is 1. The fraction of sp³-hybridized carbons (Fsp3) is 0.364. The number of rotatable bonds is 1. The summed E-state index contributed by atoms with van der Waals surface area (Å²) in [6.07, 6.45) is -0.198. The second kappa shape index (κ2) is 3.10. The van der Waals surface area contributed by atoms with Gasteiger partial charge in [0.05, 0.1) is 5.41 Å². The summed E-state index contributed by atoms with van der Waals surface area (Å²) >= 11 is 0. The van der Waals surface area contributed by atoms with Crippen molar-refractivity contribution in [3.63, 3.8) is 0 Å². The fourth-order valence-corrected chi connectivity index (χ4v) is 1.62. The Morgan fingerprint density at radius 1 is 1.29 bits per heavy atom. The van der Waals surface area contributed by atoms with E-state index in [1.807, 2.05) is 44.2 Å². The summed E-state index contributed by atoms with van der Waals surface area (Å²) in [5.74, 6) is -0.0636. The molecule has 3 nitrogen and oxygen atoms in total. The van der Waals surface area contributed by atoms with Crippen LogP contribution in [0.25, 0.3) is 0 Å². The molecule has 14 heavy (non-hydrogen) atoms. The SMILES string of the molecule is CC1(C)C(=O)NOC1c1ccccc1. The summed E-state index contributed by atoms with van der Waals surface area (Å²) < 4.78 is 0. The van der Waals surface area contributed by atoms with Crippen molar-refractivity contribution in [1.29, 1.82) is 0 Å². The van der Waals surface area contributed by atoms with Crippen LogP contribution in [0.3, 0.4) is 0 Å². The number of hydrogen-bond donors (Lipinski definition) is 1. The molecule has 1 aliphatic rings. The van der Waals surface area contributed by atoms with Gasteiger partial charge in [-0.25, -0.2) is 5.48 Å². The lowest BCUT2D eigenvalue weighted by atomic mass is 9.83. The highest BCUT2D eigenvalue weighted by Crippen LogP contribution is 2.39. The van der Waals surface area contributed by atoms with E-state index in [0.717, 1.165) is 5.56 Å². The quantitative estimate of drug-likeness (QED) is 0.735. The van der Waals surface area contributed by atoms with Crippen LogP contribution in [0.2, 0.25) is 0 Å². The lowest BCUT2D eigenvalue weighted by molar-refractivity contribution is -0.128. The zero-order valence-electron chi connectivity index (χ0n) is 8.28. The van der Waals surface area contributed by atoms with Crippen LogP contribution in [0.4, 0.5) is 0 Å². The van der Waals surface area contributed by atoms with Crippen molar-refractivity contribution in [2.75, 3.05) is 0 Å². The summed E-state index contributed by atoms with van der Waals surface area (Å²) in [4.78, 5) is 16.7. The average molecular weight is 191 g/mol. The normalized spacial score (nSPS) is 24.7. The molecule has 0 saturated carbocycles. The van der Waals surface area contributed by atoms with E-state index in [-0.39, 0.29) is 12.0 Å². The summed E-state index contributed by atoms with van der Waals surface area (Å²) in [6.45, 7) is 3.76. The molecular formula is C11H13NO2. The van der Waals surface area contributed by atoms with Crippen molar-refractivity contribution in [2.24, 2.45) is 5.41 Å². The van der Waals surface area contributed by atoms with Crippen molar-refractivity contribution in [2.45, 2.75) is 20.0 Å². The molecule has 1 N–H and O–H groups in total. The van der Waals surface area contributed by atoms with Gasteiger partial charge in [-0.1, -0.05) is 30.3 Å². The molecule has 1 unspecified atom stereocenters. The molecule has 1 saturated heterocycles. The second-order valence-corrected chi connectivity index (χ2v) is 4.06. The van der Waals surface area contributed by atoms with Gasteiger partial charge in [-0.3, -0.25) is 9.63 Å². The average Bonchev–Trinajstić information content (AvgIpc) is 2.44. The Morgan fingerprint density at radius 2 is 1.93 bits per heavy atom. The maximum atomic E-state index is 11.4. The Balaban J connectivity index is 2.33. The molecule has 2 rings (SSSR count). The summed E-state index contributed by atoms with van der Waals surface area (Å²) in [6, 6.07) is 9.76. The molecule has 1 atom stereocenters. The van der Waals surface area contributed by atoms with E-state index in [4.69, 9.17) is 4.84 Å². The number of hydrogen-bond acceptors (Lipinski definition) is 2. The smallest absolute Gasteiger partial charge is 0.252 e. The monoisotopic (exact) mass is 191 g/mol. The highest BCUT2D eigenvalue weighted by Gasteiger charge is 2.44. The summed E-state index contributed by atoms with van der Waals surface area (Å²) in [5, 5.41) is 0. The van der Waals surface area contributed by atoms with Crippen LogP contribution >= 0.6 is 0 Å². The van der Waals surface area contributed by atoms with Gasteiger partial charge in [0.15, 0.2) is 0 Å². The molecule has 0 aromatic heterocycles. The first-order chi connectivity index (χ1) is 6.62. The number of carbonyl (C=O) groups excluding carboxylic acids is 1. The van der Waals surface area contributed by atoms with Gasteiger partial charge in [0.1, 0.15) is 6.10 Å². The third-order valence-corrected chi connectivity index (χ3v) is 2.61. The Bertz CT molecular complexity index is 346. The molecule has 1 aromatic rings. The molecule has 0 aliphatic carbocycles. The Labute approximate surface area is 83.0 Å². The molecule has 3 heteroatoms.